The lowest BCUT2D eigenvalue weighted by atomic mass is 10.1. The van der Waals surface area contributed by atoms with E-state index in [2.05, 4.69) is 9.97 Å². The number of ether oxygens (including phenoxy) is 2. The number of hydrogen-bond acceptors (Lipinski definition) is 4. The van der Waals surface area contributed by atoms with Crippen LogP contribution in [0.5, 0.6) is 11.8 Å². The molecule has 6 heteroatoms. The number of methoxy groups -OCH3 is 2. The number of nitrogens with zero attached hydrogens (tertiary/aromatic N) is 1. The van der Waals surface area contributed by atoms with Crippen molar-refractivity contribution in [1.82, 2.24) is 9.97 Å². The Balaban J connectivity index is 2.62. The van der Waals surface area contributed by atoms with Crippen molar-refractivity contribution in [2.45, 2.75) is 6.42 Å². The zero-order valence-corrected chi connectivity index (χ0v) is 9.48. The van der Waals surface area contributed by atoms with Gasteiger partial charge in [-0.2, -0.15) is 4.98 Å². The van der Waals surface area contributed by atoms with E-state index in [1.807, 2.05) is 0 Å². The molecule has 0 atom stereocenters. The van der Waals surface area contributed by atoms with Crippen molar-refractivity contribution in [3.63, 3.8) is 0 Å². The van der Waals surface area contributed by atoms with Gasteiger partial charge in [0.2, 0.25) is 0 Å². The minimum absolute atomic E-state index is 0.0888. The number of aromatic nitrogens is 2. The number of H-pyrrole nitrogens is 1. The number of aromatic amines is 1. The molecule has 0 unspecified atom stereocenters. The summed E-state index contributed by atoms with van der Waals surface area (Å²) in [5.41, 5.74) is 1.82. The predicted molar refractivity (Wildman–Crippen MR) is 60.5 cm³/mol. The first-order chi connectivity index (χ1) is 8.15. The molecule has 2 aromatic rings. The Labute approximate surface area is 97.2 Å². The van der Waals surface area contributed by atoms with Crippen LogP contribution >= 0.6 is 0 Å². The van der Waals surface area contributed by atoms with E-state index in [1.165, 1.54) is 7.11 Å². The standard InChI is InChI=1S/C11H12N2O4/c1-16-7-4-3-6(5-8(14)15)9-10(7)13-11(12-9)17-2/h3-4H,5H2,1-2H3,(H,12,13)(H,14,15). The maximum absolute atomic E-state index is 10.7. The molecule has 6 nitrogen and oxygen atoms in total. The van der Waals surface area contributed by atoms with Gasteiger partial charge in [-0.1, -0.05) is 6.07 Å². The van der Waals surface area contributed by atoms with Crippen molar-refractivity contribution in [3.05, 3.63) is 17.7 Å². The van der Waals surface area contributed by atoms with Gasteiger partial charge in [-0.25, -0.2) is 0 Å². The highest BCUT2D eigenvalue weighted by atomic mass is 16.5. The molecule has 90 valence electrons. The minimum atomic E-state index is -0.904. The molecule has 0 saturated carbocycles. The fourth-order valence-electron chi connectivity index (χ4n) is 1.67. The molecule has 1 heterocycles. The fraction of sp³-hybridized carbons (Fsp3) is 0.273. The lowest BCUT2D eigenvalue weighted by Crippen LogP contribution is -2.01. The lowest BCUT2D eigenvalue weighted by Gasteiger charge is -2.03. The van der Waals surface area contributed by atoms with E-state index in [0.717, 1.165) is 0 Å². The molecule has 0 radical (unpaired) electrons. The first kappa shape index (κ1) is 11.3. The Morgan fingerprint density at radius 2 is 2.18 bits per heavy atom. The molecule has 1 aromatic heterocycles. The molecule has 0 aliphatic heterocycles. The van der Waals surface area contributed by atoms with Crippen LogP contribution in [0, 0.1) is 0 Å². The molecule has 0 saturated heterocycles. The molecule has 0 aliphatic rings. The van der Waals surface area contributed by atoms with Gasteiger partial charge in [-0.3, -0.25) is 4.79 Å². The summed E-state index contributed by atoms with van der Waals surface area (Å²) in [7, 11) is 3.03. The molecule has 0 amide bonds. The van der Waals surface area contributed by atoms with Crippen molar-refractivity contribution in [2.75, 3.05) is 14.2 Å². The zero-order chi connectivity index (χ0) is 12.4. The molecule has 2 rings (SSSR count). The van der Waals surface area contributed by atoms with Gasteiger partial charge in [-0.05, 0) is 11.6 Å². The van der Waals surface area contributed by atoms with E-state index in [1.54, 1.807) is 19.2 Å². The third-order valence-corrected chi connectivity index (χ3v) is 2.42. The summed E-state index contributed by atoms with van der Waals surface area (Å²) >= 11 is 0. The van der Waals surface area contributed by atoms with E-state index >= 15 is 0 Å². The van der Waals surface area contributed by atoms with Crippen LogP contribution in [0.25, 0.3) is 11.0 Å². The van der Waals surface area contributed by atoms with Crippen LogP contribution in [0.15, 0.2) is 12.1 Å². The third kappa shape index (κ3) is 2.01. The smallest absolute Gasteiger partial charge is 0.307 e. The Morgan fingerprint density at radius 1 is 1.41 bits per heavy atom. The van der Waals surface area contributed by atoms with Crippen LogP contribution in [0.1, 0.15) is 5.56 Å². The lowest BCUT2D eigenvalue weighted by molar-refractivity contribution is -0.136. The summed E-state index contributed by atoms with van der Waals surface area (Å²) < 4.78 is 10.2. The number of carbonyl (C=O) groups is 1. The molecule has 2 N–H and O–H groups in total. The first-order valence-corrected chi connectivity index (χ1v) is 4.97. The Hall–Kier alpha value is -2.24. The van der Waals surface area contributed by atoms with Crippen molar-refractivity contribution in [1.29, 1.82) is 0 Å². The summed E-state index contributed by atoms with van der Waals surface area (Å²) in [6.07, 6.45) is -0.0888. The van der Waals surface area contributed by atoms with Crippen LogP contribution < -0.4 is 9.47 Å². The van der Waals surface area contributed by atoms with E-state index in [9.17, 15) is 4.79 Å². The van der Waals surface area contributed by atoms with Gasteiger partial charge < -0.3 is 19.6 Å². The van der Waals surface area contributed by atoms with Gasteiger partial charge in [0.05, 0.1) is 26.2 Å². The second kappa shape index (κ2) is 4.32. The summed E-state index contributed by atoms with van der Waals surface area (Å²) in [6, 6.07) is 3.73. The minimum Gasteiger partial charge on any atom is -0.494 e. The summed E-state index contributed by atoms with van der Waals surface area (Å²) in [4.78, 5) is 17.8. The molecule has 0 fully saturated rings. The monoisotopic (exact) mass is 236 g/mol. The van der Waals surface area contributed by atoms with E-state index < -0.39 is 5.97 Å². The number of carboxylic acids is 1. The molecule has 17 heavy (non-hydrogen) atoms. The van der Waals surface area contributed by atoms with E-state index in [4.69, 9.17) is 14.6 Å². The average molecular weight is 236 g/mol. The van der Waals surface area contributed by atoms with Crippen LogP contribution in [-0.2, 0) is 11.2 Å². The van der Waals surface area contributed by atoms with Crippen molar-refractivity contribution in [2.24, 2.45) is 0 Å². The van der Waals surface area contributed by atoms with Crippen molar-refractivity contribution >= 4 is 17.0 Å². The van der Waals surface area contributed by atoms with Crippen LogP contribution in [0.2, 0.25) is 0 Å². The van der Waals surface area contributed by atoms with Crippen molar-refractivity contribution in [3.8, 4) is 11.8 Å². The number of benzene rings is 1. The van der Waals surface area contributed by atoms with Crippen LogP contribution in [0.3, 0.4) is 0 Å². The average Bonchev–Trinajstić information content (AvgIpc) is 2.73. The zero-order valence-electron chi connectivity index (χ0n) is 9.48. The van der Waals surface area contributed by atoms with Gasteiger partial charge in [0, 0.05) is 0 Å². The van der Waals surface area contributed by atoms with Crippen molar-refractivity contribution < 1.29 is 19.4 Å². The quantitative estimate of drug-likeness (QED) is 0.833. The maximum Gasteiger partial charge on any atom is 0.307 e. The molecule has 0 spiro atoms. The second-order valence-corrected chi connectivity index (χ2v) is 3.47. The second-order valence-electron chi connectivity index (χ2n) is 3.47. The number of hydrogen-bond donors (Lipinski definition) is 2. The summed E-state index contributed by atoms with van der Waals surface area (Å²) in [6.45, 7) is 0. The highest BCUT2D eigenvalue weighted by molar-refractivity contribution is 5.88. The predicted octanol–water partition coefficient (Wildman–Crippen LogP) is 1.21. The van der Waals surface area contributed by atoms with Crippen LogP contribution in [0.4, 0.5) is 0 Å². The number of imidazole rings is 1. The molecule has 0 bridgehead atoms. The maximum atomic E-state index is 10.7. The highest BCUT2D eigenvalue weighted by Gasteiger charge is 2.14. The summed E-state index contributed by atoms with van der Waals surface area (Å²) in [5.74, 6) is -0.302. The Kier molecular flexibility index (Phi) is 2.86. The fourth-order valence-corrected chi connectivity index (χ4v) is 1.67. The topological polar surface area (TPSA) is 84.4 Å². The molecule has 0 aliphatic carbocycles. The van der Waals surface area contributed by atoms with E-state index in [-0.39, 0.29) is 6.42 Å². The van der Waals surface area contributed by atoms with Crippen LogP contribution in [-0.4, -0.2) is 35.3 Å². The Morgan fingerprint density at radius 3 is 2.76 bits per heavy atom. The number of rotatable bonds is 4. The SMILES string of the molecule is COc1nc2c(CC(=O)O)ccc(OC)c2[nH]1. The number of fused-ring (bicyclic) bond motifs is 1. The normalized spacial score (nSPS) is 10.5. The molecular weight excluding hydrogens is 224 g/mol. The third-order valence-electron chi connectivity index (χ3n) is 2.42. The van der Waals surface area contributed by atoms with Gasteiger partial charge in [-0.15, -0.1) is 0 Å². The summed E-state index contributed by atoms with van der Waals surface area (Å²) in [5, 5.41) is 8.82. The number of nitrogens with one attached hydrogen (secondary N) is 1. The molecule has 1 aromatic carbocycles. The number of carboxylic acid groups (broad SMARTS) is 1. The molecular formula is C11H12N2O4. The first-order valence-electron chi connectivity index (χ1n) is 4.97. The van der Waals surface area contributed by atoms with E-state index in [0.29, 0.717) is 28.4 Å². The largest absolute Gasteiger partial charge is 0.494 e. The highest BCUT2D eigenvalue weighted by Crippen LogP contribution is 2.28. The van der Waals surface area contributed by atoms with Gasteiger partial charge >= 0.3 is 5.97 Å². The van der Waals surface area contributed by atoms with Gasteiger partial charge in [0.1, 0.15) is 11.3 Å². The van der Waals surface area contributed by atoms with Gasteiger partial charge in [0.15, 0.2) is 0 Å². The Bertz CT molecular complexity index is 562. The number of aliphatic carboxylic acids is 1. The van der Waals surface area contributed by atoms with Gasteiger partial charge in [0.25, 0.3) is 6.01 Å².